The summed E-state index contributed by atoms with van der Waals surface area (Å²) in [6.07, 6.45) is 1.58. The van der Waals surface area contributed by atoms with Gasteiger partial charge in [0.15, 0.2) is 0 Å². The van der Waals surface area contributed by atoms with Gasteiger partial charge in [0.25, 0.3) is 0 Å². The number of rotatable bonds is 27. The highest BCUT2D eigenvalue weighted by molar-refractivity contribution is 5.77. The number of esters is 2. The maximum absolute atomic E-state index is 11.6. The topological polar surface area (TPSA) is 249 Å². The minimum Gasteiger partial charge on any atom is -0.497 e. The van der Waals surface area contributed by atoms with E-state index in [4.69, 9.17) is 63.8 Å². The van der Waals surface area contributed by atoms with Crippen molar-refractivity contribution in [1.29, 1.82) is 0 Å². The molecule has 1 amide bonds. The third-order valence-electron chi connectivity index (χ3n) is 6.79. The summed E-state index contributed by atoms with van der Waals surface area (Å²) in [6, 6.07) is 0. The van der Waals surface area contributed by atoms with Crippen molar-refractivity contribution in [2.75, 3.05) is 93.5 Å². The number of methoxy groups -OCH3 is 2. The molecule has 0 aliphatic heterocycles. The fraction of sp³-hybridized carbons (Fsp3) is 0.848. The number of aliphatic hydroxyl groups is 6. The highest BCUT2D eigenvalue weighted by Crippen LogP contribution is 2.16. The average Bonchev–Trinajstić information content (AvgIpc) is 3.11. The van der Waals surface area contributed by atoms with E-state index >= 15 is 0 Å². The second-order valence-corrected chi connectivity index (χ2v) is 12.0. The first-order chi connectivity index (χ1) is 23.6. The van der Waals surface area contributed by atoms with Crippen LogP contribution in [0.25, 0.3) is 0 Å². The molecule has 0 spiro atoms. The third-order valence-corrected chi connectivity index (χ3v) is 6.79. The molecular formula is C33H65NO16. The lowest BCUT2D eigenvalue weighted by Crippen LogP contribution is -2.52. The Balaban J connectivity index is -0.000000671. The third kappa shape index (κ3) is 28.3. The Kier molecular flexibility index (Phi) is 33.7. The number of nitrogens with one attached hydrogen (secondary N) is 1. The molecule has 0 aliphatic carbocycles. The van der Waals surface area contributed by atoms with Gasteiger partial charge < -0.3 is 69.1 Å². The fourth-order valence-corrected chi connectivity index (χ4v) is 3.05. The molecule has 298 valence electrons. The van der Waals surface area contributed by atoms with Crippen LogP contribution < -0.4 is 5.32 Å². The normalized spacial score (nSPS) is 13.1. The molecule has 0 heterocycles. The molecule has 0 saturated carbocycles. The number of hydrogen-bond acceptors (Lipinski definition) is 16. The van der Waals surface area contributed by atoms with E-state index in [0.717, 1.165) is 0 Å². The molecule has 3 atom stereocenters. The molecule has 0 radical (unpaired) electrons. The average molecular weight is 732 g/mol. The predicted molar refractivity (Wildman–Crippen MR) is 182 cm³/mol. The van der Waals surface area contributed by atoms with Gasteiger partial charge >= 0.3 is 11.9 Å². The standard InChI is InChI=1S/C13H24O6.C11H22O6.C9H19NO4/c1-5-17-10(2)6-18-11(3)7-19-12(16)13(4,8-14)9-15;1-15-4-5-16-6-7-17-11(14)3-2-10(8-12)9-13;1-7(14-3)4-8(13)10-9(2,5-11)6-12/h5,10-11,14-15H,1,6-9H2,2-4H3;10,12-13H,2-9H2,1H3;7,11-12H,4-6H2,1-3H3,(H,10,13). The number of aliphatic hydroxyl groups excluding tert-OH is 6. The Labute approximate surface area is 296 Å². The number of ether oxygens (including phenoxy) is 7. The Bertz CT molecular complexity index is 850. The maximum atomic E-state index is 11.6. The van der Waals surface area contributed by atoms with Gasteiger partial charge in [0.1, 0.15) is 24.7 Å². The van der Waals surface area contributed by atoms with Crippen molar-refractivity contribution in [3.05, 3.63) is 12.8 Å². The van der Waals surface area contributed by atoms with Crippen LogP contribution in [-0.4, -0.2) is 166 Å². The van der Waals surface area contributed by atoms with Crippen molar-refractivity contribution in [2.24, 2.45) is 11.3 Å². The van der Waals surface area contributed by atoms with Gasteiger partial charge in [-0.3, -0.25) is 14.4 Å². The Morgan fingerprint density at radius 1 is 0.780 bits per heavy atom. The summed E-state index contributed by atoms with van der Waals surface area (Å²) >= 11 is 0. The van der Waals surface area contributed by atoms with Crippen molar-refractivity contribution >= 4 is 17.8 Å². The maximum Gasteiger partial charge on any atom is 0.316 e. The van der Waals surface area contributed by atoms with Gasteiger partial charge in [-0.1, -0.05) is 6.58 Å². The SMILES string of the molecule is C=COC(C)COC(C)COC(=O)C(C)(CO)CO.COC(C)CC(=O)NC(C)(CO)CO.COCCOCCOC(=O)CCC(CO)CO. The van der Waals surface area contributed by atoms with Crippen LogP contribution in [0.5, 0.6) is 0 Å². The smallest absolute Gasteiger partial charge is 0.316 e. The zero-order chi connectivity index (χ0) is 39.0. The van der Waals surface area contributed by atoms with Crippen LogP contribution in [0, 0.1) is 11.3 Å². The number of carbonyl (C=O) groups is 3. The first-order valence-electron chi connectivity index (χ1n) is 16.4. The van der Waals surface area contributed by atoms with Gasteiger partial charge in [0.05, 0.1) is 83.3 Å². The van der Waals surface area contributed by atoms with E-state index in [2.05, 4.69) is 11.9 Å². The van der Waals surface area contributed by atoms with E-state index in [1.807, 2.05) is 6.92 Å². The summed E-state index contributed by atoms with van der Waals surface area (Å²) in [6.45, 7) is 12.0. The number of amides is 1. The fourth-order valence-electron chi connectivity index (χ4n) is 3.05. The molecule has 0 fully saturated rings. The van der Waals surface area contributed by atoms with Crippen molar-refractivity contribution in [1.82, 2.24) is 5.32 Å². The van der Waals surface area contributed by atoms with Crippen LogP contribution in [0.15, 0.2) is 12.8 Å². The zero-order valence-corrected chi connectivity index (χ0v) is 31.0. The van der Waals surface area contributed by atoms with Gasteiger partial charge in [0, 0.05) is 39.8 Å². The van der Waals surface area contributed by atoms with Crippen LogP contribution >= 0.6 is 0 Å². The minimum atomic E-state index is -1.28. The molecule has 0 aliphatic rings. The van der Waals surface area contributed by atoms with Gasteiger partial charge in [0.2, 0.25) is 5.91 Å². The quantitative estimate of drug-likeness (QED) is 0.0314. The van der Waals surface area contributed by atoms with Crippen molar-refractivity contribution in [3.8, 4) is 0 Å². The molecule has 50 heavy (non-hydrogen) atoms. The second kappa shape index (κ2) is 32.5. The van der Waals surface area contributed by atoms with E-state index in [1.165, 1.54) is 20.3 Å². The predicted octanol–water partition coefficient (Wildman–Crippen LogP) is -0.681. The van der Waals surface area contributed by atoms with Crippen molar-refractivity contribution in [3.63, 3.8) is 0 Å². The van der Waals surface area contributed by atoms with E-state index in [9.17, 15) is 14.4 Å². The molecule has 0 bridgehead atoms. The van der Waals surface area contributed by atoms with Crippen LogP contribution in [0.4, 0.5) is 0 Å². The molecular weight excluding hydrogens is 666 g/mol. The van der Waals surface area contributed by atoms with Gasteiger partial charge in [-0.15, -0.1) is 0 Å². The van der Waals surface area contributed by atoms with Crippen molar-refractivity contribution in [2.45, 2.75) is 77.7 Å². The zero-order valence-electron chi connectivity index (χ0n) is 31.0. The molecule has 0 aromatic rings. The van der Waals surface area contributed by atoms with Gasteiger partial charge in [-0.25, -0.2) is 0 Å². The lowest BCUT2D eigenvalue weighted by molar-refractivity contribution is -0.164. The number of hydrogen-bond donors (Lipinski definition) is 7. The summed E-state index contributed by atoms with van der Waals surface area (Å²) in [5.41, 5.74) is -2.23. The summed E-state index contributed by atoms with van der Waals surface area (Å²) < 4.78 is 35.2. The summed E-state index contributed by atoms with van der Waals surface area (Å²) in [5, 5.41) is 56.0. The van der Waals surface area contributed by atoms with Crippen LogP contribution in [0.2, 0.25) is 0 Å². The highest BCUT2D eigenvalue weighted by atomic mass is 16.6. The lowest BCUT2D eigenvalue weighted by atomic mass is 9.93. The van der Waals surface area contributed by atoms with E-state index in [0.29, 0.717) is 32.8 Å². The Morgan fingerprint density at radius 2 is 1.36 bits per heavy atom. The Morgan fingerprint density at radius 3 is 1.84 bits per heavy atom. The molecule has 0 aromatic carbocycles. The Hall–Kier alpha value is -2.45. The van der Waals surface area contributed by atoms with Crippen molar-refractivity contribution < 1.29 is 78.2 Å². The monoisotopic (exact) mass is 731 g/mol. The summed E-state index contributed by atoms with van der Waals surface area (Å²) in [7, 11) is 3.11. The van der Waals surface area contributed by atoms with E-state index in [-0.39, 0.29) is 88.6 Å². The molecule has 0 saturated heterocycles. The van der Waals surface area contributed by atoms with Gasteiger partial charge in [-0.2, -0.15) is 0 Å². The summed E-state index contributed by atoms with van der Waals surface area (Å²) in [5.74, 6) is -1.49. The van der Waals surface area contributed by atoms with E-state index < -0.39 is 30.1 Å². The molecule has 0 aromatic heterocycles. The molecule has 17 nitrogen and oxygen atoms in total. The van der Waals surface area contributed by atoms with E-state index in [1.54, 1.807) is 27.9 Å². The first kappa shape index (κ1) is 51.9. The van der Waals surface area contributed by atoms with Gasteiger partial charge in [-0.05, 0) is 41.0 Å². The molecule has 7 N–H and O–H groups in total. The van der Waals surface area contributed by atoms with Crippen LogP contribution in [0.3, 0.4) is 0 Å². The highest BCUT2D eigenvalue weighted by Gasteiger charge is 2.34. The summed E-state index contributed by atoms with van der Waals surface area (Å²) in [4.78, 5) is 34.2. The minimum absolute atomic E-state index is 0.0508. The second-order valence-electron chi connectivity index (χ2n) is 12.0. The van der Waals surface area contributed by atoms with Crippen LogP contribution in [-0.2, 0) is 47.5 Å². The number of carbonyl (C=O) groups excluding carboxylic acids is 3. The largest absolute Gasteiger partial charge is 0.497 e. The first-order valence-corrected chi connectivity index (χ1v) is 16.4. The lowest BCUT2D eigenvalue weighted by Gasteiger charge is -2.26. The van der Waals surface area contributed by atoms with Crippen LogP contribution in [0.1, 0.15) is 53.9 Å². The molecule has 0 rings (SSSR count). The molecule has 3 unspecified atom stereocenters. The molecule has 17 heteroatoms.